The molecule has 0 fully saturated rings. The van der Waals surface area contributed by atoms with Crippen molar-refractivity contribution in [2.24, 2.45) is 5.92 Å². The summed E-state index contributed by atoms with van der Waals surface area (Å²) in [4.78, 5) is 4.46. The molecule has 1 atom stereocenters. The lowest BCUT2D eigenvalue weighted by molar-refractivity contribution is 0.961. The third-order valence-corrected chi connectivity index (χ3v) is 2.67. The summed E-state index contributed by atoms with van der Waals surface area (Å²) in [7, 11) is 0. The number of aromatic nitrogens is 1. The summed E-state index contributed by atoms with van der Waals surface area (Å²) < 4.78 is 0. The quantitative estimate of drug-likeness (QED) is 0.796. The zero-order valence-corrected chi connectivity index (χ0v) is 10.1. The third kappa shape index (κ3) is 2.83. The van der Waals surface area contributed by atoms with Crippen molar-refractivity contribution in [3.8, 4) is 6.07 Å². The number of fused-ring (bicyclic) bond motifs is 1. The minimum absolute atomic E-state index is 0.105. The Hall–Kier alpha value is -1.85. The molecule has 1 unspecified atom stereocenters. The monoisotopic (exact) mass is 242 g/mol. The summed E-state index contributed by atoms with van der Waals surface area (Å²) in [5, 5.41) is 10.4. The normalized spacial score (nSPS) is 12.8. The molecule has 0 radical (unpaired) electrons. The van der Waals surface area contributed by atoms with E-state index in [9.17, 15) is 0 Å². The minimum atomic E-state index is -0.105. The molecule has 0 bridgehead atoms. The number of pyridine rings is 1. The highest BCUT2D eigenvalue weighted by Gasteiger charge is 1.98. The van der Waals surface area contributed by atoms with Gasteiger partial charge in [0, 0.05) is 10.4 Å². The summed E-state index contributed by atoms with van der Waals surface area (Å²) in [5.41, 5.74) is 1.70. The highest BCUT2D eigenvalue weighted by atomic mass is 35.5. The summed E-state index contributed by atoms with van der Waals surface area (Å²) >= 11 is 5.92. The highest BCUT2D eigenvalue weighted by Crippen LogP contribution is 2.18. The number of halogens is 1. The Labute approximate surface area is 105 Å². The van der Waals surface area contributed by atoms with E-state index < -0.39 is 0 Å². The van der Waals surface area contributed by atoms with E-state index in [0.717, 1.165) is 16.6 Å². The molecule has 1 aromatic carbocycles. The Balaban J connectivity index is 2.38. The molecule has 0 amide bonds. The molecule has 1 heterocycles. The van der Waals surface area contributed by atoms with Gasteiger partial charge in [-0.25, -0.2) is 4.98 Å². The van der Waals surface area contributed by atoms with Crippen LogP contribution >= 0.6 is 11.6 Å². The topological polar surface area (TPSA) is 36.7 Å². The molecule has 0 aliphatic carbocycles. The van der Waals surface area contributed by atoms with Crippen molar-refractivity contribution in [3.05, 3.63) is 47.1 Å². The Kier molecular flexibility index (Phi) is 3.41. The molecule has 2 nitrogen and oxygen atoms in total. The molecule has 0 saturated heterocycles. The van der Waals surface area contributed by atoms with Crippen LogP contribution in [0.5, 0.6) is 0 Å². The molecule has 0 aliphatic rings. The van der Waals surface area contributed by atoms with Crippen LogP contribution in [0.4, 0.5) is 0 Å². The van der Waals surface area contributed by atoms with Gasteiger partial charge in [0.1, 0.15) is 0 Å². The van der Waals surface area contributed by atoms with Gasteiger partial charge in [0.15, 0.2) is 0 Å². The lowest BCUT2D eigenvalue weighted by Gasteiger charge is -2.00. The van der Waals surface area contributed by atoms with Crippen LogP contribution in [0.15, 0.2) is 36.4 Å². The van der Waals surface area contributed by atoms with Crippen molar-refractivity contribution in [3.63, 3.8) is 0 Å². The summed E-state index contributed by atoms with van der Waals surface area (Å²) in [6.07, 6.45) is 3.69. The number of hydrogen-bond donors (Lipinski definition) is 0. The molecule has 0 saturated carbocycles. The average molecular weight is 243 g/mol. The van der Waals surface area contributed by atoms with Crippen LogP contribution in [0.1, 0.15) is 12.6 Å². The molecule has 2 aromatic rings. The number of nitrogens with zero attached hydrogens (tertiary/aromatic N) is 2. The first-order chi connectivity index (χ1) is 8.19. The van der Waals surface area contributed by atoms with Crippen LogP contribution in [0, 0.1) is 17.2 Å². The van der Waals surface area contributed by atoms with Gasteiger partial charge in [0.25, 0.3) is 0 Å². The predicted molar refractivity (Wildman–Crippen MR) is 70.6 cm³/mol. The number of hydrogen-bond acceptors (Lipinski definition) is 2. The maximum absolute atomic E-state index is 8.68. The van der Waals surface area contributed by atoms with E-state index in [1.165, 1.54) is 0 Å². The molecule has 0 aliphatic heterocycles. The standard InChI is InChI=1S/C14H11ClN2/c1-10(9-16)2-6-13-7-4-11-3-5-12(15)8-14(11)17-13/h2-8,10H,1H3/b6-2+. The van der Waals surface area contributed by atoms with Crippen molar-refractivity contribution >= 4 is 28.6 Å². The van der Waals surface area contributed by atoms with Crippen molar-refractivity contribution in [2.45, 2.75) is 6.92 Å². The Morgan fingerprint density at radius 1 is 1.35 bits per heavy atom. The van der Waals surface area contributed by atoms with E-state index in [2.05, 4.69) is 11.1 Å². The summed E-state index contributed by atoms with van der Waals surface area (Å²) in [5.74, 6) is -0.105. The number of rotatable bonds is 2. The van der Waals surface area contributed by atoms with Crippen LogP contribution in [0.3, 0.4) is 0 Å². The van der Waals surface area contributed by atoms with Crippen LogP contribution in [-0.2, 0) is 0 Å². The van der Waals surface area contributed by atoms with Crippen molar-refractivity contribution in [1.82, 2.24) is 4.98 Å². The van der Waals surface area contributed by atoms with E-state index in [4.69, 9.17) is 16.9 Å². The fourth-order valence-electron chi connectivity index (χ4n) is 1.48. The van der Waals surface area contributed by atoms with Crippen LogP contribution in [-0.4, -0.2) is 4.98 Å². The Morgan fingerprint density at radius 2 is 2.12 bits per heavy atom. The van der Waals surface area contributed by atoms with Crippen LogP contribution < -0.4 is 0 Å². The number of allylic oxidation sites excluding steroid dienone is 1. The van der Waals surface area contributed by atoms with Gasteiger partial charge in [0.2, 0.25) is 0 Å². The van der Waals surface area contributed by atoms with Crippen LogP contribution in [0.25, 0.3) is 17.0 Å². The Bertz CT molecular complexity index is 611. The number of nitriles is 1. The zero-order valence-electron chi connectivity index (χ0n) is 9.39. The van der Waals surface area contributed by atoms with E-state index in [-0.39, 0.29) is 5.92 Å². The second kappa shape index (κ2) is 4.99. The average Bonchev–Trinajstić information content (AvgIpc) is 2.35. The van der Waals surface area contributed by atoms with Crippen molar-refractivity contribution in [1.29, 1.82) is 5.26 Å². The largest absolute Gasteiger partial charge is 0.248 e. The minimum Gasteiger partial charge on any atom is -0.248 e. The van der Waals surface area contributed by atoms with E-state index in [1.807, 2.05) is 49.4 Å². The van der Waals surface area contributed by atoms with Gasteiger partial charge in [-0.05, 0) is 31.2 Å². The lowest BCUT2D eigenvalue weighted by atomic mass is 10.1. The first-order valence-electron chi connectivity index (χ1n) is 5.33. The summed E-state index contributed by atoms with van der Waals surface area (Å²) in [6.45, 7) is 1.84. The molecule has 84 valence electrons. The second-order valence-corrected chi connectivity index (χ2v) is 4.29. The SMILES string of the molecule is CC(C#N)/C=C/c1ccc2ccc(Cl)cc2n1. The van der Waals surface area contributed by atoms with Crippen molar-refractivity contribution in [2.75, 3.05) is 0 Å². The third-order valence-electron chi connectivity index (χ3n) is 2.43. The zero-order chi connectivity index (χ0) is 12.3. The van der Waals surface area contributed by atoms with Crippen molar-refractivity contribution < 1.29 is 0 Å². The van der Waals surface area contributed by atoms with Crippen LogP contribution in [0.2, 0.25) is 5.02 Å². The van der Waals surface area contributed by atoms with Gasteiger partial charge >= 0.3 is 0 Å². The maximum atomic E-state index is 8.68. The molecule has 2 rings (SSSR count). The second-order valence-electron chi connectivity index (χ2n) is 3.85. The van der Waals surface area contributed by atoms with E-state index >= 15 is 0 Å². The van der Waals surface area contributed by atoms with Gasteiger partial charge in [-0.15, -0.1) is 0 Å². The molecular weight excluding hydrogens is 232 g/mol. The lowest BCUT2D eigenvalue weighted by Crippen LogP contribution is -1.85. The van der Waals surface area contributed by atoms with E-state index in [0.29, 0.717) is 5.02 Å². The first-order valence-corrected chi connectivity index (χ1v) is 5.71. The highest BCUT2D eigenvalue weighted by molar-refractivity contribution is 6.31. The van der Waals surface area contributed by atoms with Gasteiger partial charge < -0.3 is 0 Å². The number of benzene rings is 1. The molecule has 3 heteroatoms. The van der Waals surface area contributed by atoms with Gasteiger partial charge in [-0.1, -0.05) is 29.8 Å². The smallest absolute Gasteiger partial charge is 0.0724 e. The molecular formula is C14H11ClN2. The fraction of sp³-hybridized carbons (Fsp3) is 0.143. The fourth-order valence-corrected chi connectivity index (χ4v) is 1.65. The van der Waals surface area contributed by atoms with Gasteiger partial charge in [-0.3, -0.25) is 0 Å². The molecule has 0 N–H and O–H groups in total. The molecule has 17 heavy (non-hydrogen) atoms. The Morgan fingerprint density at radius 3 is 2.88 bits per heavy atom. The summed E-state index contributed by atoms with van der Waals surface area (Å²) in [6, 6.07) is 11.7. The van der Waals surface area contributed by atoms with Gasteiger partial charge in [-0.2, -0.15) is 5.26 Å². The van der Waals surface area contributed by atoms with Gasteiger partial charge in [0.05, 0.1) is 23.2 Å². The maximum Gasteiger partial charge on any atom is 0.0724 e. The van der Waals surface area contributed by atoms with E-state index in [1.54, 1.807) is 0 Å². The molecule has 1 aromatic heterocycles. The molecule has 0 spiro atoms. The first kappa shape index (κ1) is 11.6. The predicted octanol–water partition coefficient (Wildman–Crippen LogP) is 4.06.